The van der Waals surface area contributed by atoms with Crippen LogP contribution >= 0.6 is 0 Å². The molecule has 0 aliphatic heterocycles. The minimum absolute atomic E-state index is 0.0947. The molecule has 0 bridgehead atoms. The summed E-state index contributed by atoms with van der Waals surface area (Å²) >= 11 is 0. The van der Waals surface area contributed by atoms with Crippen LogP contribution in [-0.4, -0.2) is 25.5 Å². The van der Waals surface area contributed by atoms with Crippen molar-refractivity contribution < 1.29 is 19.1 Å². The van der Waals surface area contributed by atoms with E-state index >= 15 is 0 Å². The van der Waals surface area contributed by atoms with Gasteiger partial charge in [-0.2, -0.15) is 0 Å². The lowest BCUT2D eigenvalue weighted by molar-refractivity contribution is -0.141. The fourth-order valence-corrected chi connectivity index (χ4v) is 2.71. The van der Waals surface area contributed by atoms with Gasteiger partial charge in [-0.05, 0) is 28.8 Å². The predicted octanol–water partition coefficient (Wildman–Crippen LogP) is 4.33. The first kappa shape index (κ1) is 18.4. The molecule has 0 aromatic heterocycles. The fourth-order valence-electron chi connectivity index (χ4n) is 2.71. The van der Waals surface area contributed by atoms with Gasteiger partial charge in [0.25, 0.3) is 0 Å². The Hall–Kier alpha value is -3.40. The zero-order valence-electron chi connectivity index (χ0n) is 15.1. The molecule has 3 aromatic rings. The van der Waals surface area contributed by atoms with E-state index in [0.717, 1.165) is 16.7 Å². The van der Waals surface area contributed by atoms with Gasteiger partial charge in [0.15, 0.2) is 12.4 Å². The van der Waals surface area contributed by atoms with E-state index in [0.29, 0.717) is 11.3 Å². The van der Waals surface area contributed by atoms with Crippen LogP contribution in [0.25, 0.3) is 11.1 Å². The van der Waals surface area contributed by atoms with Crippen LogP contribution in [-0.2, 0) is 16.0 Å². The van der Waals surface area contributed by atoms with Crippen LogP contribution in [0.1, 0.15) is 15.9 Å². The second-order valence-electron chi connectivity index (χ2n) is 6.06. The van der Waals surface area contributed by atoms with Crippen molar-refractivity contribution in [2.45, 2.75) is 6.42 Å². The highest BCUT2D eigenvalue weighted by molar-refractivity contribution is 5.98. The number of hydrogen-bond donors (Lipinski definition) is 0. The maximum absolute atomic E-state index is 12.3. The Bertz CT molecular complexity index is 915. The maximum atomic E-state index is 12.3. The lowest BCUT2D eigenvalue weighted by atomic mass is 10.0. The largest absolute Gasteiger partial charge is 0.497 e. The molecule has 0 radical (unpaired) electrons. The number of ether oxygens (including phenoxy) is 2. The van der Waals surface area contributed by atoms with E-state index in [1.807, 2.05) is 48.5 Å². The quantitative estimate of drug-likeness (QED) is 0.465. The zero-order valence-corrected chi connectivity index (χ0v) is 15.1. The zero-order chi connectivity index (χ0) is 19.1. The number of esters is 1. The molecule has 0 saturated heterocycles. The van der Waals surface area contributed by atoms with Gasteiger partial charge in [-0.1, -0.05) is 66.7 Å². The Kier molecular flexibility index (Phi) is 6.00. The molecule has 0 unspecified atom stereocenters. The summed E-state index contributed by atoms with van der Waals surface area (Å²) in [4.78, 5) is 24.2. The van der Waals surface area contributed by atoms with Crippen LogP contribution in [0.2, 0.25) is 0 Å². The van der Waals surface area contributed by atoms with Gasteiger partial charge >= 0.3 is 5.97 Å². The lowest BCUT2D eigenvalue weighted by Crippen LogP contribution is -2.15. The molecule has 0 N–H and O–H groups in total. The molecular formula is C23H20O4. The van der Waals surface area contributed by atoms with Gasteiger partial charge in [-0.15, -0.1) is 0 Å². The molecule has 0 amide bonds. The van der Waals surface area contributed by atoms with Gasteiger partial charge in [-0.25, -0.2) is 0 Å². The second kappa shape index (κ2) is 8.81. The van der Waals surface area contributed by atoms with E-state index in [2.05, 4.69) is 0 Å². The number of hydrogen-bond acceptors (Lipinski definition) is 4. The first-order valence-electron chi connectivity index (χ1n) is 8.63. The third kappa shape index (κ3) is 5.05. The third-order valence-electron chi connectivity index (χ3n) is 4.16. The summed E-state index contributed by atoms with van der Waals surface area (Å²) in [5, 5.41) is 0. The van der Waals surface area contributed by atoms with Crippen molar-refractivity contribution in [3.63, 3.8) is 0 Å². The highest BCUT2D eigenvalue weighted by Gasteiger charge is 2.11. The van der Waals surface area contributed by atoms with Crippen LogP contribution in [0.15, 0.2) is 78.9 Å². The van der Waals surface area contributed by atoms with Crippen LogP contribution < -0.4 is 4.74 Å². The molecule has 3 rings (SSSR count). The summed E-state index contributed by atoms with van der Waals surface area (Å²) in [6, 6.07) is 24.4. The maximum Gasteiger partial charge on any atom is 0.310 e. The van der Waals surface area contributed by atoms with Gasteiger partial charge < -0.3 is 9.47 Å². The summed E-state index contributed by atoms with van der Waals surface area (Å²) in [7, 11) is 1.57. The Morgan fingerprint density at radius 1 is 0.815 bits per heavy atom. The summed E-state index contributed by atoms with van der Waals surface area (Å²) < 4.78 is 10.2. The van der Waals surface area contributed by atoms with E-state index in [4.69, 9.17) is 9.47 Å². The average Bonchev–Trinajstić information content (AvgIpc) is 2.73. The molecule has 0 aliphatic carbocycles. The van der Waals surface area contributed by atoms with E-state index < -0.39 is 5.97 Å². The molecule has 0 saturated carbocycles. The first-order chi connectivity index (χ1) is 13.2. The molecule has 27 heavy (non-hydrogen) atoms. The number of ketones is 1. The molecule has 3 aromatic carbocycles. The van der Waals surface area contributed by atoms with Crippen LogP contribution in [0, 0.1) is 0 Å². The van der Waals surface area contributed by atoms with Crippen molar-refractivity contribution in [2.75, 3.05) is 13.7 Å². The topological polar surface area (TPSA) is 52.6 Å². The van der Waals surface area contributed by atoms with Gasteiger partial charge in [-0.3, -0.25) is 9.59 Å². The number of benzene rings is 3. The van der Waals surface area contributed by atoms with Crippen molar-refractivity contribution in [1.29, 1.82) is 0 Å². The van der Waals surface area contributed by atoms with E-state index in [1.165, 1.54) is 0 Å². The van der Waals surface area contributed by atoms with Crippen molar-refractivity contribution in [3.8, 4) is 16.9 Å². The highest BCUT2D eigenvalue weighted by Crippen LogP contribution is 2.19. The van der Waals surface area contributed by atoms with Gasteiger partial charge in [0, 0.05) is 5.56 Å². The van der Waals surface area contributed by atoms with Crippen molar-refractivity contribution >= 4 is 11.8 Å². The average molecular weight is 360 g/mol. The van der Waals surface area contributed by atoms with Crippen molar-refractivity contribution in [1.82, 2.24) is 0 Å². The van der Waals surface area contributed by atoms with Crippen LogP contribution in [0.3, 0.4) is 0 Å². The van der Waals surface area contributed by atoms with Crippen LogP contribution in [0.4, 0.5) is 0 Å². The monoisotopic (exact) mass is 360 g/mol. The summed E-state index contributed by atoms with van der Waals surface area (Å²) in [5.41, 5.74) is 3.41. The Labute approximate surface area is 158 Å². The van der Waals surface area contributed by atoms with Gasteiger partial charge in [0.1, 0.15) is 5.75 Å². The number of rotatable bonds is 7. The molecule has 4 nitrogen and oxygen atoms in total. The second-order valence-corrected chi connectivity index (χ2v) is 6.06. The van der Waals surface area contributed by atoms with Gasteiger partial charge in [0.05, 0.1) is 13.5 Å². The smallest absolute Gasteiger partial charge is 0.310 e. The first-order valence-corrected chi connectivity index (χ1v) is 8.63. The molecule has 0 spiro atoms. The molecule has 0 atom stereocenters. The third-order valence-corrected chi connectivity index (χ3v) is 4.16. The van der Waals surface area contributed by atoms with Crippen molar-refractivity contribution in [2.24, 2.45) is 0 Å². The van der Waals surface area contributed by atoms with E-state index in [-0.39, 0.29) is 18.8 Å². The fraction of sp³-hybridized carbons (Fsp3) is 0.130. The Balaban J connectivity index is 1.55. The highest BCUT2D eigenvalue weighted by atomic mass is 16.5. The predicted molar refractivity (Wildman–Crippen MR) is 104 cm³/mol. The molecule has 0 heterocycles. The SMILES string of the molecule is COc1cccc(CC(=O)OCC(=O)c2ccc(-c3ccccc3)cc2)c1. The van der Waals surface area contributed by atoms with Crippen LogP contribution in [0.5, 0.6) is 5.75 Å². The molecule has 0 aliphatic rings. The van der Waals surface area contributed by atoms with E-state index in [9.17, 15) is 9.59 Å². The normalized spacial score (nSPS) is 10.3. The minimum atomic E-state index is -0.447. The summed E-state index contributed by atoms with van der Waals surface area (Å²) in [6.07, 6.45) is 0.0947. The number of methoxy groups -OCH3 is 1. The number of carbonyl (C=O) groups is 2. The minimum Gasteiger partial charge on any atom is -0.497 e. The summed E-state index contributed by atoms with van der Waals surface area (Å²) in [5.74, 6) is 0.000921. The molecule has 4 heteroatoms. The molecule has 136 valence electrons. The Morgan fingerprint density at radius 2 is 1.52 bits per heavy atom. The molecule has 0 fully saturated rings. The summed E-state index contributed by atoms with van der Waals surface area (Å²) in [6.45, 7) is -0.270. The number of carbonyl (C=O) groups excluding carboxylic acids is 2. The standard InChI is InChI=1S/C23H20O4/c1-26-21-9-5-6-17(14-21)15-23(25)27-16-22(24)20-12-10-19(11-13-20)18-7-3-2-4-8-18/h2-14H,15-16H2,1H3. The van der Waals surface area contributed by atoms with Crippen molar-refractivity contribution in [3.05, 3.63) is 90.0 Å². The lowest BCUT2D eigenvalue weighted by Gasteiger charge is -2.07. The van der Waals surface area contributed by atoms with E-state index in [1.54, 1.807) is 37.4 Å². The van der Waals surface area contributed by atoms with Gasteiger partial charge in [0.2, 0.25) is 0 Å². The molecular weight excluding hydrogens is 340 g/mol. The number of Topliss-reactive ketones (excluding diaryl/α,β-unsaturated/α-hetero) is 1. The Morgan fingerprint density at radius 3 is 2.22 bits per heavy atom.